The lowest BCUT2D eigenvalue weighted by Gasteiger charge is -1.96. The number of carbonyl (C=O) groups excluding carboxylic acids is 1. The van der Waals surface area contributed by atoms with Crippen LogP contribution in [0.25, 0.3) is 0 Å². The summed E-state index contributed by atoms with van der Waals surface area (Å²) in [5, 5.41) is 67.9. The molecule has 11 heteroatoms. The number of ether oxygens (including phenoxy) is 1. The molecule has 1 heterocycles. The maximum Gasteiger partial charge on any atom is 0.142 e. The number of hydrogen-bond donors (Lipinski definition) is 9. The highest BCUT2D eigenvalue weighted by atomic mass is 17.0. The fraction of sp³-hybridized carbons (Fsp3) is 0.667. The predicted octanol–water partition coefficient (Wildman–Crippen LogP) is -2.38. The predicted molar refractivity (Wildman–Crippen MR) is 94.6 cm³/mol. The zero-order valence-electron chi connectivity index (χ0n) is 15.0. The quantitative estimate of drug-likeness (QED) is 0.0583. The number of allylic oxidation sites excluding steroid dienone is 1. The number of aliphatic hydroxyl groups is 7. The van der Waals surface area contributed by atoms with Gasteiger partial charge in [0.1, 0.15) is 18.5 Å². The van der Waals surface area contributed by atoms with Crippen molar-refractivity contribution in [3.63, 3.8) is 0 Å². The molecule has 1 saturated heterocycles. The van der Waals surface area contributed by atoms with Crippen LogP contribution in [0.2, 0.25) is 0 Å². The summed E-state index contributed by atoms with van der Waals surface area (Å²) in [4.78, 5) is 9.06. The third-order valence-electron chi connectivity index (χ3n) is 1.52. The van der Waals surface area contributed by atoms with E-state index in [4.69, 9.17) is 51.1 Å². The van der Waals surface area contributed by atoms with Crippen LogP contribution in [-0.4, -0.2) is 110 Å². The monoisotopic (exact) mass is 390 g/mol. The highest BCUT2D eigenvalue weighted by molar-refractivity contribution is 5.63. The van der Waals surface area contributed by atoms with Crippen LogP contribution in [0.3, 0.4) is 0 Å². The Morgan fingerprint density at radius 1 is 1.04 bits per heavy atom. The summed E-state index contributed by atoms with van der Waals surface area (Å²) < 4.78 is 4.61. The molecule has 160 valence electrons. The van der Waals surface area contributed by atoms with Crippen molar-refractivity contribution in [2.75, 3.05) is 39.6 Å². The van der Waals surface area contributed by atoms with Crippen molar-refractivity contribution in [3.05, 3.63) is 25.3 Å². The standard InChI is InChI=1S/C3H8O3.C3H6O2.C3H8O2.C3H6O.C3H4O.H2O2/c4-1-3(6)2-5;4-1-3-2-5-3;1-3(5)2-4;2*1-2-3-4;1-2/h3-6H,1-2H2;3-4H,1-2H2;3-5H,2H2,1H3;2,4H,1,3H2;2-3H,1H2;1-2H. The second kappa shape index (κ2) is 39.0. The molecule has 1 rings (SSSR count). The molecular formula is C15H34O11. The second-order valence-electron chi connectivity index (χ2n) is 4.03. The smallest absolute Gasteiger partial charge is 0.142 e. The normalized spacial score (nSPS) is 13.7. The summed E-state index contributed by atoms with van der Waals surface area (Å²) in [6.45, 7) is 8.04. The molecule has 0 aromatic heterocycles. The number of carbonyl (C=O) groups is 1. The van der Waals surface area contributed by atoms with Crippen molar-refractivity contribution < 1.29 is 55.8 Å². The molecule has 1 aliphatic heterocycles. The minimum Gasteiger partial charge on any atom is -0.394 e. The van der Waals surface area contributed by atoms with E-state index in [-0.39, 0.29) is 39.1 Å². The molecule has 0 aromatic carbocycles. The molecule has 0 spiro atoms. The first-order chi connectivity index (χ1) is 12.3. The first kappa shape index (κ1) is 35.8. The average Bonchev–Trinajstić information content (AvgIpc) is 3.54. The largest absolute Gasteiger partial charge is 0.394 e. The van der Waals surface area contributed by atoms with E-state index in [1.54, 1.807) is 0 Å². The minimum absolute atomic E-state index is 0.0833. The number of hydrogen-bond acceptors (Lipinski definition) is 11. The Morgan fingerprint density at radius 3 is 1.35 bits per heavy atom. The summed E-state index contributed by atoms with van der Waals surface area (Å²) in [5.74, 6) is 0. The van der Waals surface area contributed by atoms with Crippen molar-refractivity contribution in [3.8, 4) is 0 Å². The van der Waals surface area contributed by atoms with E-state index in [0.29, 0.717) is 6.29 Å². The van der Waals surface area contributed by atoms with Gasteiger partial charge in [0, 0.05) is 0 Å². The van der Waals surface area contributed by atoms with Crippen molar-refractivity contribution in [2.45, 2.75) is 25.2 Å². The van der Waals surface area contributed by atoms with Gasteiger partial charge in [-0.2, -0.15) is 0 Å². The average molecular weight is 390 g/mol. The fourth-order valence-electron chi connectivity index (χ4n) is 0.231. The molecule has 11 nitrogen and oxygen atoms in total. The lowest BCUT2D eigenvalue weighted by atomic mass is 10.4. The van der Waals surface area contributed by atoms with Gasteiger partial charge < -0.3 is 40.5 Å². The summed E-state index contributed by atoms with van der Waals surface area (Å²) in [6, 6.07) is 0. The molecule has 1 fully saturated rings. The van der Waals surface area contributed by atoms with Crippen LogP contribution in [0, 0.1) is 0 Å². The van der Waals surface area contributed by atoms with E-state index in [9.17, 15) is 0 Å². The number of aliphatic hydroxyl groups excluding tert-OH is 7. The van der Waals surface area contributed by atoms with Gasteiger partial charge in [0.15, 0.2) is 0 Å². The van der Waals surface area contributed by atoms with Gasteiger partial charge in [0.05, 0.1) is 45.7 Å². The Kier molecular flexibility index (Phi) is 53.7. The van der Waals surface area contributed by atoms with E-state index in [1.165, 1.54) is 19.1 Å². The van der Waals surface area contributed by atoms with Crippen molar-refractivity contribution >= 4 is 6.29 Å². The Bertz CT molecular complexity index is 234. The van der Waals surface area contributed by atoms with Gasteiger partial charge in [-0.3, -0.25) is 15.3 Å². The first-order valence-electron chi connectivity index (χ1n) is 7.23. The van der Waals surface area contributed by atoms with E-state index in [2.05, 4.69) is 17.9 Å². The number of epoxide rings is 1. The van der Waals surface area contributed by atoms with Gasteiger partial charge >= 0.3 is 0 Å². The van der Waals surface area contributed by atoms with Crippen LogP contribution in [0.4, 0.5) is 0 Å². The van der Waals surface area contributed by atoms with Crippen LogP contribution < -0.4 is 0 Å². The third kappa shape index (κ3) is 78.0. The van der Waals surface area contributed by atoms with Crippen LogP contribution >= 0.6 is 0 Å². The maximum atomic E-state index is 9.06. The minimum atomic E-state index is -0.954. The van der Waals surface area contributed by atoms with E-state index < -0.39 is 12.2 Å². The third-order valence-corrected chi connectivity index (χ3v) is 1.52. The van der Waals surface area contributed by atoms with Gasteiger partial charge in [0.25, 0.3) is 0 Å². The van der Waals surface area contributed by atoms with Gasteiger partial charge in [0.2, 0.25) is 0 Å². The fourth-order valence-corrected chi connectivity index (χ4v) is 0.231. The molecule has 2 atom stereocenters. The van der Waals surface area contributed by atoms with Crippen LogP contribution in [0.15, 0.2) is 25.3 Å². The number of aldehydes is 1. The van der Waals surface area contributed by atoms with Crippen LogP contribution in [0.1, 0.15) is 6.92 Å². The Balaban J connectivity index is -0.0000000695. The van der Waals surface area contributed by atoms with Gasteiger partial charge in [-0.25, -0.2) is 0 Å². The van der Waals surface area contributed by atoms with Crippen molar-refractivity contribution in [1.29, 1.82) is 0 Å². The molecule has 0 amide bonds. The van der Waals surface area contributed by atoms with Crippen LogP contribution in [-0.2, 0) is 9.53 Å². The van der Waals surface area contributed by atoms with Gasteiger partial charge in [-0.1, -0.05) is 12.7 Å². The SMILES string of the molecule is C=CC=O.C=CCO.CC(O)CO.OCC(O)CO.OCC1CO1.OO. The number of rotatable bonds is 6. The topological polar surface area (TPSA) is 212 Å². The lowest BCUT2D eigenvalue weighted by Crippen LogP contribution is -2.15. The zero-order chi connectivity index (χ0) is 21.8. The molecule has 0 saturated carbocycles. The molecule has 0 radical (unpaired) electrons. The van der Waals surface area contributed by atoms with E-state index >= 15 is 0 Å². The Labute approximate surface area is 153 Å². The van der Waals surface area contributed by atoms with Crippen molar-refractivity contribution in [2.24, 2.45) is 0 Å². The molecule has 0 aliphatic carbocycles. The summed E-state index contributed by atoms with van der Waals surface area (Å²) >= 11 is 0. The van der Waals surface area contributed by atoms with E-state index in [1.807, 2.05) is 0 Å². The van der Waals surface area contributed by atoms with Gasteiger partial charge in [-0.05, 0) is 13.0 Å². The second-order valence-corrected chi connectivity index (χ2v) is 4.03. The highest BCUT2D eigenvalue weighted by Crippen LogP contribution is 2.04. The zero-order valence-corrected chi connectivity index (χ0v) is 15.0. The Hall–Kier alpha value is -1.25. The summed E-state index contributed by atoms with van der Waals surface area (Å²) in [6.07, 6.45) is 1.94. The molecule has 0 aromatic rings. The molecule has 26 heavy (non-hydrogen) atoms. The lowest BCUT2D eigenvalue weighted by molar-refractivity contribution is -0.176. The Morgan fingerprint density at radius 2 is 1.35 bits per heavy atom. The van der Waals surface area contributed by atoms with Crippen molar-refractivity contribution in [1.82, 2.24) is 0 Å². The first-order valence-corrected chi connectivity index (χ1v) is 7.23. The van der Waals surface area contributed by atoms with Crippen LogP contribution in [0.5, 0.6) is 0 Å². The molecule has 2 unspecified atom stereocenters. The maximum absolute atomic E-state index is 9.06. The molecule has 0 bridgehead atoms. The summed E-state index contributed by atoms with van der Waals surface area (Å²) in [7, 11) is 0. The summed E-state index contributed by atoms with van der Waals surface area (Å²) in [5.41, 5.74) is 0. The highest BCUT2D eigenvalue weighted by Gasteiger charge is 2.19. The van der Waals surface area contributed by atoms with E-state index in [0.717, 1.165) is 6.61 Å². The molecule has 9 N–H and O–H groups in total. The van der Waals surface area contributed by atoms with Gasteiger partial charge in [-0.15, -0.1) is 6.58 Å². The molecule has 1 aliphatic rings. The molecular weight excluding hydrogens is 356 g/mol.